The summed E-state index contributed by atoms with van der Waals surface area (Å²) in [5.74, 6) is -0.380. The van der Waals surface area contributed by atoms with Crippen molar-refractivity contribution < 1.29 is 14.4 Å². The van der Waals surface area contributed by atoms with Crippen LogP contribution in [0.25, 0.3) is 0 Å². The van der Waals surface area contributed by atoms with Gasteiger partial charge in [0, 0.05) is 18.2 Å². The van der Waals surface area contributed by atoms with Gasteiger partial charge in [0.25, 0.3) is 0 Å². The number of hydrogen-bond donors (Lipinski definition) is 0. The number of carbonyl (C=O) groups excluding carboxylic acids is 1. The van der Waals surface area contributed by atoms with Gasteiger partial charge in [-0.15, -0.1) is 0 Å². The summed E-state index contributed by atoms with van der Waals surface area (Å²) >= 11 is 0. The molecule has 1 unspecified atom stereocenters. The molecule has 5 heteroatoms. The highest BCUT2D eigenvalue weighted by molar-refractivity contribution is 6.09. The Morgan fingerprint density at radius 3 is 2.81 bits per heavy atom. The van der Waals surface area contributed by atoms with Crippen LogP contribution in [0.15, 0.2) is 53.8 Å². The second-order valence-corrected chi connectivity index (χ2v) is 4.63. The van der Waals surface area contributed by atoms with E-state index >= 15 is 0 Å². The van der Waals surface area contributed by atoms with Crippen LogP contribution in [0.5, 0.6) is 0 Å². The summed E-state index contributed by atoms with van der Waals surface area (Å²) in [7, 11) is 1.36. The summed E-state index contributed by atoms with van der Waals surface area (Å²) in [5, 5.41) is 4.11. The van der Waals surface area contributed by atoms with Crippen molar-refractivity contribution in [2.24, 2.45) is 5.16 Å². The third kappa shape index (κ3) is 2.63. The number of carbonyl (C=O) groups is 1. The van der Waals surface area contributed by atoms with Gasteiger partial charge in [-0.1, -0.05) is 29.4 Å². The molecule has 1 aromatic carbocycles. The van der Waals surface area contributed by atoms with E-state index in [-0.39, 0.29) is 12.1 Å². The van der Waals surface area contributed by atoms with E-state index in [0.29, 0.717) is 12.0 Å². The molecule has 0 N–H and O–H groups in total. The predicted molar refractivity (Wildman–Crippen MR) is 77.0 cm³/mol. The minimum atomic E-state index is -0.380. The molecule has 0 fully saturated rings. The molecule has 2 aromatic rings. The van der Waals surface area contributed by atoms with Gasteiger partial charge in [-0.2, -0.15) is 0 Å². The number of aromatic nitrogens is 1. The molecule has 1 atom stereocenters. The zero-order valence-electron chi connectivity index (χ0n) is 11.5. The normalized spacial score (nSPS) is 17.0. The number of pyridine rings is 1. The number of esters is 1. The van der Waals surface area contributed by atoms with Crippen LogP contribution >= 0.6 is 0 Å². The zero-order chi connectivity index (χ0) is 14.7. The summed E-state index contributed by atoms with van der Waals surface area (Å²) in [6.07, 6.45) is 2.08. The Morgan fingerprint density at radius 2 is 2.05 bits per heavy atom. The topological polar surface area (TPSA) is 60.8 Å². The lowest BCUT2D eigenvalue weighted by atomic mass is 9.98. The minimum absolute atomic E-state index is 0.216. The van der Waals surface area contributed by atoms with Crippen molar-refractivity contribution in [3.8, 4) is 0 Å². The molecule has 21 heavy (non-hydrogen) atoms. The van der Waals surface area contributed by atoms with E-state index in [2.05, 4.69) is 10.1 Å². The fourth-order valence-corrected chi connectivity index (χ4v) is 2.28. The van der Waals surface area contributed by atoms with E-state index in [1.807, 2.05) is 30.3 Å². The number of rotatable bonds is 3. The van der Waals surface area contributed by atoms with E-state index < -0.39 is 0 Å². The van der Waals surface area contributed by atoms with Crippen LogP contribution in [0.2, 0.25) is 0 Å². The molecule has 1 aliphatic heterocycles. The Hall–Kier alpha value is -2.69. The molecule has 3 rings (SSSR count). The lowest BCUT2D eigenvalue weighted by molar-refractivity contribution is 0.0600. The number of ether oxygens (including phenoxy) is 1. The SMILES string of the molecule is COC(=O)c1ccccc1C1=NOC(c2ccccn2)C1. The van der Waals surface area contributed by atoms with Crippen LogP contribution in [-0.4, -0.2) is 23.8 Å². The third-order valence-electron chi connectivity index (χ3n) is 3.33. The number of hydrogen-bond acceptors (Lipinski definition) is 5. The molecular formula is C16H14N2O3. The van der Waals surface area contributed by atoms with Crippen molar-refractivity contribution in [2.75, 3.05) is 7.11 Å². The van der Waals surface area contributed by atoms with E-state index in [0.717, 1.165) is 17.0 Å². The van der Waals surface area contributed by atoms with Crippen LogP contribution in [-0.2, 0) is 9.57 Å². The summed E-state index contributed by atoms with van der Waals surface area (Å²) in [6, 6.07) is 12.9. The van der Waals surface area contributed by atoms with Crippen LogP contribution in [0, 0.1) is 0 Å². The smallest absolute Gasteiger partial charge is 0.338 e. The van der Waals surface area contributed by atoms with Gasteiger partial charge in [-0.05, 0) is 18.2 Å². The molecule has 1 aromatic heterocycles. The average molecular weight is 282 g/mol. The highest BCUT2D eigenvalue weighted by atomic mass is 16.6. The van der Waals surface area contributed by atoms with Crippen molar-refractivity contribution in [2.45, 2.75) is 12.5 Å². The van der Waals surface area contributed by atoms with E-state index in [1.54, 1.807) is 18.3 Å². The fourth-order valence-electron chi connectivity index (χ4n) is 2.28. The maximum absolute atomic E-state index is 11.8. The fraction of sp³-hybridized carbons (Fsp3) is 0.188. The van der Waals surface area contributed by atoms with Crippen LogP contribution < -0.4 is 0 Å². The van der Waals surface area contributed by atoms with Gasteiger partial charge in [0.05, 0.1) is 24.1 Å². The molecule has 1 aliphatic rings. The molecule has 0 aliphatic carbocycles. The zero-order valence-corrected chi connectivity index (χ0v) is 11.5. The Bertz CT molecular complexity index is 683. The molecule has 106 valence electrons. The Labute approximate surface area is 122 Å². The van der Waals surface area contributed by atoms with Crippen LogP contribution in [0.1, 0.15) is 34.1 Å². The number of nitrogens with zero attached hydrogens (tertiary/aromatic N) is 2. The highest BCUT2D eigenvalue weighted by Crippen LogP contribution is 2.29. The predicted octanol–water partition coefficient (Wildman–Crippen LogP) is 2.73. The standard InChI is InChI=1S/C16H14N2O3/c1-20-16(19)12-7-3-2-6-11(12)14-10-15(21-18-14)13-8-4-5-9-17-13/h2-9,15H,10H2,1H3. The average Bonchev–Trinajstić information content (AvgIpc) is 3.05. The minimum Gasteiger partial charge on any atom is -0.465 e. The first-order chi connectivity index (χ1) is 10.3. The molecule has 5 nitrogen and oxygen atoms in total. The van der Waals surface area contributed by atoms with Crippen molar-refractivity contribution in [1.82, 2.24) is 4.98 Å². The molecule has 0 radical (unpaired) electrons. The van der Waals surface area contributed by atoms with Crippen LogP contribution in [0.4, 0.5) is 0 Å². The molecule has 2 heterocycles. The largest absolute Gasteiger partial charge is 0.465 e. The van der Waals surface area contributed by atoms with Crippen molar-refractivity contribution in [3.63, 3.8) is 0 Å². The first-order valence-corrected chi connectivity index (χ1v) is 6.61. The maximum atomic E-state index is 11.8. The molecule has 0 amide bonds. The molecule has 0 saturated carbocycles. The monoisotopic (exact) mass is 282 g/mol. The summed E-state index contributed by atoms with van der Waals surface area (Å²) in [5.41, 5.74) is 2.78. The van der Waals surface area contributed by atoms with Gasteiger partial charge in [0.15, 0.2) is 6.10 Å². The van der Waals surface area contributed by atoms with E-state index in [9.17, 15) is 4.79 Å². The Morgan fingerprint density at radius 1 is 1.24 bits per heavy atom. The van der Waals surface area contributed by atoms with Crippen molar-refractivity contribution in [3.05, 3.63) is 65.5 Å². The number of methoxy groups -OCH3 is 1. The lowest BCUT2D eigenvalue weighted by Crippen LogP contribution is -2.10. The van der Waals surface area contributed by atoms with Gasteiger partial charge < -0.3 is 9.57 Å². The third-order valence-corrected chi connectivity index (χ3v) is 3.33. The lowest BCUT2D eigenvalue weighted by Gasteiger charge is -2.08. The van der Waals surface area contributed by atoms with Gasteiger partial charge in [0.2, 0.25) is 0 Å². The second-order valence-electron chi connectivity index (χ2n) is 4.63. The van der Waals surface area contributed by atoms with E-state index in [1.165, 1.54) is 7.11 Å². The van der Waals surface area contributed by atoms with Gasteiger partial charge in [-0.3, -0.25) is 4.98 Å². The number of oxime groups is 1. The van der Waals surface area contributed by atoms with Crippen molar-refractivity contribution in [1.29, 1.82) is 0 Å². The molecule has 0 spiro atoms. The molecule has 0 saturated heterocycles. The quantitative estimate of drug-likeness (QED) is 0.812. The first kappa shape index (κ1) is 13.3. The summed E-state index contributed by atoms with van der Waals surface area (Å²) < 4.78 is 4.80. The molecular weight excluding hydrogens is 268 g/mol. The van der Waals surface area contributed by atoms with Gasteiger partial charge in [0.1, 0.15) is 0 Å². The van der Waals surface area contributed by atoms with Crippen molar-refractivity contribution >= 4 is 11.7 Å². The Balaban J connectivity index is 1.85. The van der Waals surface area contributed by atoms with E-state index in [4.69, 9.17) is 9.57 Å². The summed E-state index contributed by atoms with van der Waals surface area (Å²) in [6.45, 7) is 0. The van der Waals surface area contributed by atoms with Crippen LogP contribution in [0.3, 0.4) is 0 Å². The summed E-state index contributed by atoms with van der Waals surface area (Å²) in [4.78, 5) is 21.5. The van der Waals surface area contributed by atoms with Gasteiger partial charge in [-0.25, -0.2) is 4.79 Å². The van der Waals surface area contributed by atoms with Gasteiger partial charge >= 0.3 is 5.97 Å². The molecule has 0 bridgehead atoms. The highest BCUT2D eigenvalue weighted by Gasteiger charge is 2.27. The number of benzene rings is 1. The Kier molecular flexibility index (Phi) is 3.64. The first-order valence-electron chi connectivity index (χ1n) is 6.61. The second kappa shape index (κ2) is 5.75. The maximum Gasteiger partial charge on any atom is 0.338 e.